The van der Waals surface area contributed by atoms with Crippen molar-refractivity contribution in [3.8, 4) is 0 Å². The highest BCUT2D eigenvalue weighted by atomic mass is 16.1. The molecule has 0 radical (unpaired) electrons. The summed E-state index contributed by atoms with van der Waals surface area (Å²) in [6, 6.07) is 5.78. The average molecular weight is 286 g/mol. The number of hydrogen-bond donors (Lipinski definition) is 2. The molecule has 1 aromatic carbocycles. The van der Waals surface area contributed by atoms with Gasteiger partial charge in [0, 0.05) is 31.2 Å². The van der Waals surface area contributed by atoms with E-state index in [2.05, 4.69) is 24.1 Å². The third-order valence-electron chi connectivity index (χ3n) is 3.41. The van der Waals surface area contributed by atoms with Crippen molar-refractivity contribution in [1.29, 1.82) is 0 Å². The van der Waals surface area contributed by atoms with Crippen molar-refractivity contribution in [2.75, 3.05) is 11.1 Å². The van der Waals surface area contributed by atoms with Crippen LogP contribution in [-0.2, 0) is 13.1 Å². The predicted molar refractivity (Wildman–Crippen MR) is 86.3 cm³/mol. The number of benzene rings is 1. The molecule has 0 aliphatic rings. The van der Waals surface area contributed by atoms with Gasteiger partial charge < -0.3 is 15.6 Å². The van der Waals surface area contributed by atoms with E-state index in [-0.39, 0.29) is 5.56 Å². The molecule has 0 spiro atoms. The first-order valence-corrected chi connectivity index (χ1v) is 7.12. The molecule has 1 aromatic heterocycles. The minimum absolute atomic E-state index is 0.0900. The van der Waals surface area contributed by atoms with Crippen molar-refractivity contribution >= 4 is 11.5 Å². The van der Waals surface area contributed by atoms with E-state index in [1.165, 1.54) is 0 Å². The molecule has 21 heavy (non-hydrogen) atoms. The summed E-state index contributed by atoms with van der Waals surface area (Å²) in [5.41, 5.74) is 8.65. The topological polar surface area (TPSA) is 72.9 Å². The Hall–Kier alpha value is -2.30. The van der Waals surface area contributed by atoms with E-state index >= 15 is 0 Å². The van der Waals surface area contributed by atoms with Gasteiger partial charge in [0.05, 0.1) is 0 Å². The molecule has 0 saturated heterocycles. The van der Waals surface area contributed by atoms with Crippen LogP contribution in [0.5, 0.6) is 0 Å². The van der Waals surface area contributed by atoms with E-state index in [9.17, 15) is 4.79 Å². The van der Waals surface area contributed by atoms with Gasteiger partial charge in [-0.15, -0.1) is 0 Å². The van der Waals surface area contributed by atoms with Gasteiger partial charge in [-0.3, -0.25) is 4.79 Å². The molecule has 2 aromatic rings. The zero-order valence-electron chi connectivity index (χ0n) is 12.8. The molecule has 0 amide bonds. The van der Waals surface area contributed by atoms with Crippen molar-refractivity contribution < 1.29 is 0 Å². The average Bonchev–Trinajstić information content (AvgIpc) is 2.43. The van der Waals surface area contributed by atoms with Gasteiger partial charge in [-0.05, 0) is 30.0 Å². The molecule has 0 bridgehead atoms. The van der Waals surface area contributed by atoms with Crippen LogP contribution in [0.4, 0.5) is 11.5 Å². The Labute approximate surface area is 124 Å². The first-order chi connectivity index (χ1) is 9.99. The highest BCUT2D eigenvalue weighted by Gasteiger charge is 2.07. The van der Waals surface area contributed by atoms with Crippen LogP contribution in [0, 0.1) is 12.8 Å². The Balaban J connectivity index is 2.17. The van der Waals surface area contributed by atoms with Crippen LogP contribution in [0.25, 0.3) is 0 Å². The van der Waals surface area contributed by atoms with Gasteiger partial charge >= 0.3 is 0 Å². The third kappa shape index (κ3) is 3.62. The second-order valence-electron chi connectivity index (χ2n) is 5.61. The number of nitrogens with zero attached hydrogens (tertiary/aromatic N) is 2. The van der Waals surface area contributed by atoms with E-state index in [4.69, 9.17) is 5.73 Å². The fourth-order valence-corrected chi connectivity index (χ4v) is 2.18. The molecule has 0 saturated carbocycles. The second kappa shape index (κ2) is 6.43. The second-order valence-corrected chi connectivity index (χ2v) is 5.61. The molecule has 0 aliphatic carbocycles. The van der Waals surface area contributed by atoms with E-state index in [1.54, 1.807) is 17.0 Å². The van der Waals surface area contributed by atoms with E-state index < -0.39 is 0 Å². The van der Waals surface area contributed by atoms with Crippen LogP contribution in [0.3, 0.4) is 0 Å². The number of anilines is 2. The van der Waals surface area contributed by atoms with Crippen LogP contribution in [0.1, 0.15) is 25.0 Å². The fourth-order valence-electron chi connectivity index (χ4n) is 2.18. The van der Waals surface area contributed by atoms with Crippen LogP contribution in [-0.4, -0.2) is 9.55 Å². The molecule has 5 nitrogen and oxygen atoms in total. The smallest absolute Gasteiger partial charge is 0.293 e. The minimum Gasteiger partial charge on any atom is -0.399 e. The number of hydrogen-bond acceptors (Lipinski definition) is 4. The summed E-state index contributed by atoms with van der Waals surface area (Å²) in [4.78, 5) is 16.4. The van der Waals surface area contributed by atoms with Gasteiger partial charge in [-0.1, -0.05) is 26.0 Å². The Morgan fingerprint density at radius 3 is 2.86 bits per heavy atom. The maximum Gasteiger partial charge on any atom is 0.293 e. The Kier molecular flexibility index (Phi) is 4.62. The van der Waals surface area contributed by atoms with E-state index in [0.717, 1.165) is 16.8 Å². The van der Waals surface area contributed by atoms with Crippen molar-refractivity contribution in [2.24, 2.45) is 5.92 Å². The number of nitrogen functional groups attached to an aromatic ring is 1. The minimum atomic E-state index is -0.0900. The quantitative estimate of drug-likeness (QED) is 0.828. The first kappa shape index (κ1) is 15.1. The molecule has 0 atom stereocenters. The summed E-state index contributed by atoms with van der Waals surface area (Å²) in [5.74, 6) is 0.786. The molecule has 112 valence electrons. The van der Waals surface area contributed by atoms with Gasteiger partial charge in [0.1, 0.15) is 0 Å². The zero-order valence-corrected chi connectivity index (χ0v) is 12.8. The van der Waals surface area contributed by atoms with Crippen molar-refractivity contribution in [3.63, 3.8) is 0 Å². The Morgan fingerprint density at radius 2 is 2.14 bits per heavy atom. The summed E-state index contributed by atoms with van der Waals surface area (Å²) in [7, 11) is 0. The highest BCUT2D eigenvalue weighted by Crippen LogP contribution is 2.16. The number of rotatable bonds is 5. The fraction of sp³-hybridized carbons (Fsp3) is 0.375. The van der Waals surface area contributed by atoms with Crippen LogP contribution in [0.15, 0.2) is 35.4 Å². The molecule has 0 unspecified atom stereocenters. The summed E-state index contributed by atoms with van der Waals surface area (Å²) in [6.45, 7) is 7.35. The van der Waals surface area contributed by atoms with Gasteiger partial charge in [0.15, 0.2) is 5.82 Å². The van der Waals surface area contributed by atoms with Gasteiger partial charge in [0.25, 0.3) is 5.56 Å². The van der Waals surface area contributed by atoms with Gasteiger partial charge in [-0.2, -0.15) is 0 Å². The summed E-state index contributed by atoms with van der Waals surface area (Å²) in [6.07, 6.45) is 3.37. The third-order valence-corrected chi connectivity index (χ3v) is 3.41. The van der Waals surface area contributed by atoms with Crippen LogP contribution < -0.4 is 16.6 Å². The lowest BCUT2D eigenvalue weighted by molar-refractivity contribution is 0.509. The lowest BCUT2D eigenvalue weighted by atomic mass is 10.1. The normalized spacial score (nSPS) is 10.9. The summed E-state index contributed by atoms with van der Waals surface area (Å²) < 4.78 is 1.69. The van der Waals surface area contributed by atoms with Crippen molar-refractivity contribution in [3.05, 3.63) is 52.1 Å². The number of nitrogens with two attached hydrogens (primary N) is 1. The maximum atomic E-state index is 12.3. The molecule has 1 heterocycles. The van der Waals surface area contributed by atoms with E-state index in [1.807, 2.05) is 25.1 Å². The number of aromatic nitrogens is 2. The molecular weight excluding hydrogens is 264 g/mol. The Bertz CT molecular complexity index is 676. The largest absolute Gasteiger partial charge is 0.399 e. The van der Waals surface area contributed by atoms with E-state index in [0.29, 0.717) is 24.8 Å². The lowest BCUT2D eigenvalue weighted by Gasteiger charge is -2.12. The monoisotopic (exact) mass is 286 g/mol. The highest BCUT2D eigenvalue weighted by molar-refractivity contribution is 5.50. The molecule has 0 fully saturated rings. The molecule has 0 aliphatic heterocycles. The van der Waals surface area contributed by atoms with Crippen LogP contribution >= 0.6 is 0 Å². The summed E-state index contributed by atoms with van der Waals surface area (Å²) in [5, 5.41) is 3.11. The number of nitrogens with one attached hydrogen (secondary N) is 1. The molecule has 2 rings (SSSR count). The Morgan fingerprint density at radius 1 is 1.38 bits per heavy atom. The van der Waals surface area contributed by atoms with Crippen molar-refractivity contribution in [1.82, 2.24) is 9.55 Å². The molecule has 5 heteroatoms. The summed E-state index contributed by atoms with van der Waals surface area (Å²) >= 11 is 0. The lowest BCUT2D eigenvalue weighted by Crippen LogP contribution is -2.26. The van der Waals surface area contributed by atoms with Crippen molar-refractivity contribution in [2.45, 2.75) is 33.9 Å². The standard InChI is InChI=1S/C16H22N4O/c1-11(2)10-20-8-7-18-15(16(20)21)19-9-13-5-4-6-14(17)12(13)3/h4-8,11H,9-10,17H2,1-3H3,(H,18,19). The zero-order chi connectivity index (χ0) is 15.4. The molecule has 3 N–H and O–H groups in total. The molecular formula is C16H22N4O. The first-order valence-electron chi connectivity index (χ1n) is 7.12. The van der Waals surface area contributed by atoms with Gasteiger partial charge in [-0.25, -0.2) is 4.98 Å². The van der Waals surface area contributed by atoms with Gasteiger partial charge in [0.2, 0.25) is 0 Å². The maximum absolute atomic E-state index is 12.3. The van der Waals surface area contributed by atoms with Crippen LogP contribution in [0.2, 0.25) is 0 Å². The predicted octanol–water partition coefficient (Wildman–Crippen LogP) is 2.40. The SMILES string of the molecule is Cc1c(N)cccc1CNc1nccn(CC(C)C)c1=O.